The van der Waals surface area contributed by atoms with Crippen LogP contribution in [0.25, 0.3) is 0 Å². The van der Waals surface area contributed by atoms with Crippen LogP contribution in [0, 0.1) is 17.3 Å². The Hall–Kier alpha value is -0.790. The molecule has 2 fully saturated rings. The summed E-state index contributed by atoms with van der Waals surface area (Å²) >= 11 is 0. The van der Waals surface area contributed by atoms with Crippen LogP contribution in [0.1, 0.15) is 33.6 Å². The highest BCUT2D eigenvalue weighted by Crippen LogP contribution is 2.69. The highest BCUT2D eigenvalue weighted by molar-refractivity contribution is 5.66. The lowest BCUT2D eigenvalue weighted by atomic mass is 9.89. The third-order valence-corrected chi connectivity index (χ3v) is 4.00. The van der Waals surface area contributed by atoms with E-state index in [4.69, 9.17) is 4.74 Å². The van der Waals surface area contributed by atoms with Crippen LogP contribution in [0.15, 0.2) is 12.2 Å². The van der Waals surface area contributed by atoms with Crippen molar-refractivity contribution >= 4 is 5.97 Å². The van der Waals surface area contributed by atoms with Crippen molar-refractivity contribution in [3.8, 4) is 0 Å². The van der Waals surface area contributed by atoms with E-state index in [1.54, 1.807) is 0 Å². The Bertz CT molecular complexity index is 293. The molecule has 2 aliphatic carbocycles. The van der Waals surface area contributed by atoms with E-state index in [9.17, 15) is 4.79 Å². The topological polar surface area (TPSA) is 26.3 Å². The smallest absolute Gasteiger partial charge is 0.303 e. The zero-order valence-electron chi connectivity index (χ0n) is 9.17. The SMILES string of the molecule is C=C1[C@H]2C[C@@]2(C(C)C)C[C@H]1OC(C)=O. The van der Waals surface area contributed by atoms with E-state index >= 15 is 0 Å². The van der Waals surface area contributed by atoms with Gasteiger partial charge in [0.15, 0.2) is 0 Å². The van der Waals surface area contributed by atoms with Crippen molar-refractivity contribution in [1.29, 1.82) is 0 Å². The highest BCUT2D eigenvalue weighted by Gasteiger charge is 2.64. The average Bonchev–Trinajstić information content (AvgIpc) is 2.71. The number of fused-ring (bicyclic) bond motifs is 1. The Morgan fingerprint density at radius 1 is 1.57 bits per heavy atom. The summed E-state index contributed by atoms with van der Waals surface area (Å²) in [6, 6.07) is 0. The molecule has 0 heterocycles. The summed E-state index contributed by atoms with van der Waals surface area (Å²) in [6.07, 6.45) is 2.24. The molecule has 0 aliphatic heterocycles. The minimum atomic E-state index is -0.184. The molecular weight excluding hydrogens is 176 g/mol. The first kappa shape index (κ1) is 9.75. The largest absolute Gasteiger partial charge is 0.458 e. The Labute approximate surface area is 85.3 Å². The second kappa shape index (κ2) is 2.85. The van der Waals surface area contributed by atoms with Crippen LogP contribution >= 0.6 is 0 Å². The van der Waals surface area contributed by atoms with Gasteiger partial charge in [0, 0.05) is 6.92 Å². The Balaban J connectivity index is 2.07. The predicted octanol–water partition coefficient (Wildman–Crippen LogP) is 2.54. The third kappa shape index (κ3) is 1.20. The molecule has 0 spiro atoms. The molecule has 0 unspecified atom stereocenters. The summed E-state index contributed by atoms with van der Waals surface area (Å²) in [5.41, 5.74) is 1.56. The van der Waals surface area contributed by atoms with Crippen molar-refractivity contribution in [2.75, 3.05) is 0 Å². The molecule has 2 aliphatic rings. The molecule has 2 heteroatoms. The van der Waals surface area contributed by atoms with Gasteiger partial charge in [-0.15, -0.1) is 0 Å². The molecule has 0 saturated heterocycles. The van der Waals surface area contributed by atoms with Crippen molar-refractivity contribution in [1.82, 2.24) is 0 Å². The summed E-state index contributed by atoms with van der Waals surface area (Å²) < 4.78 is 5.26. The van der Waals surface area contributed by atoms with Crippen LogP contribution < -0.4 is 0 Å². The van der Waals surface area contributed by atoms with Gasteiger partial charge in [0.1, 0.15) is 6.10 Å². The van der Waals surface area contributed by atoms with E-state index in [-0.39, 0.29) is 12.1 Å². The number of ether oxygens (including phenoxy) is 1. The Morgan fingerprint density at radius 2 is 2.21 bits per heavy atom. The van der Waals surface area contributed by atoms with Crippen molar-refractivity contribution in [3.63, 3.8) is 0 Å². The first-order valence-corrected chi connectivity index (χ1v) is 5.33. The zero-order chi connectivity index (χ0) is 10.5. The average molecular weight is 194 g/mol. The Kier molecular flexibility index (Phi) is 1.98. The molecule has 0 aromatic carbocycles. The summed E-state index contributed by atoms with van der Waals surface area (Å²) in [5, 5.41) is 0. The van der Waals surface area contributed by atoms with Gasteiger partial charge in [0.2, 0.25) is 0 Å². The lowest BCUT2D eigenvalue weighted by Crippen LogP contribution is -2.19. The third-order valence-electron chi connectivity index (χ3n) is 4.00. The molecule has 0 amide bonds. The van der Waals surface area contributed by atoms with Crippen molar-refractivity contribution in [2.24, 2.45) is 17.3 Å². The van der Waals surface area contributed by atoms with Gasteiger partial charge in [-0.1, -0.05) is 20.4 Å². The van der Waals surface area contributed by atoms with Crippen LogP contribution in [-0.4, -0.2) is 12.1 Å². The standard InChI is InChI=1S/C12H18O2/c1-7(2)12-5-10(12)8(3)11(6-12)14-9(4)13/h7,10-11H,3,5-6H2,1-2,4H3/t10-,11-,12+/m1/s1. The molecule has 2 saturated carbocycles. The normalized spacial score (nSPS) is 39.9. The van der Waals surface area contributed by atoms with Crippen LogP contribution in [0.2, 0.25) is 0 Å². The monoisotopic (exact) mass is 194 g/mol. The van der Waals surface area contributed by atoms with Gasteiger partial charge in [0.25, 0.3) is 0 Å². The molecule has 0 bridgehead atoms. The maximum absolute atomic E-state index is 10.9. The maximum Gasteiger partial charge on any atom is 0.303 e. The number of rotatable bonds is 2. The lowest BCUT2D eigenvalue weighted by molar-refractivity contribution is -0.144. The fourth-order valence-electron chi connectivity index (χ4n) is 2.94. The molecule has 78 valence electrons. The van der Waals surface area contributed by atoms with E-state index < -0.39 is 0 Å². The molecule has 14 heavy (non-hydrogen) atoms. The van der Waals surface area contributed by atoms with Gasteiger partial charge in [-0.3, -0.25) is 4.79 Å². The number of hydrogen-bond acceptors (Lipinski definition) is 2. The quantitative estimate of drug-likeness (QED) is 0.499. The van der Waals surface area contributed by atoms with E-state index in [0.29, 0.717) is 17.3 Å². The molecule has 3 atom stereocenters. The summed E-state index contributed by atoms with van der Waals surface area (Å²) in [6.45, 7) is 10.0. The first-order valence-electron chi connectivity index (χ1n) is 5.33. The fourth-order valence-corrected chi connectivity index (χ4v) is 2.94. The van der Waals surface area contributed by atoms with Gasteiger partial charge in [-0.25, -0.2) is 0 Å². The fraction of sp³-hybridized carbons (Fsp3) is 0.750. The number of esters is 1. The van der Waals surface area contributed by atoms with Crippen LogP contribution in [0.5, 0.6) is 0 Å². The molecule has 0 N–H and O–H groups in total. The minimum Gasteiger partial charge on any atom is -0.458 e. The zero-order valence-corrected chi connectivity index (χ0v) is 9.17. The van der Waals surface area contributed by atoms with Crippen LogP contribution in [-0.2, 0) is 9.53 Å². The van der Waals surface area contributed by atoms with Crippen molar-refractivity contribution in [3.05, 3.63) is 12.2 Å². The Morgan fingerprint density at radius 3 is 2.64 bits per heavy atom. The number of hydrogen-bond donors (Lipinski definition) is 0. The minimum absolute atomic E-state index is 0.00588. The summed E-state index contributed by atoms with van der Waals surface area (Å²) in [7, 11) is 0. The van der Waals surface area contributed by atoms with E-state index in [2.05, 4.69) is 20.4 Å². The van der Waals surface area contributed by atoms with Crippen LogP contribution in [0.4, 0.5) is 0 Å². The van der Waals surface area contributed by atoms with Crippen LogP contribution in [0.3, 0.4) is 0 Å². The van der Waals surface area contributed by atoms with Gasteiger partial charge in [-0.2, -0.15) is 0 Å². The second-order valence-electron chi connectivity index (χ2n) is 5.02. The molecule has 0 radical (unpaired) electrons. The molecule has 2 rings (SSSR count). The summed E-state index contributed by atoms with van der Waals surface area (Å²) in [4.78, 5) is 10.9. The first-order chi connectivity index (χ1) is 6.47. The van der Waals surface area contributed by atoms with Gasteiger partial charge < -0.3 is 4.74 Å². The molecule has 0 aromatic rings. The van der Waals surface area contributed by atoms with Gasteiger partial charge in [-0.05, 0) is 35.7 Å². The van der Waals surface area contributed by atoms with E-state index in [0.717, 1.165) is 12.0 Å². The second-order valence-corrected chi connectivity index (χ2v) is 5.02. The van der Waals surface area contributed by atoms with Crippen molar-refractivity contribution < 1.29 is 9.53 Å². The summed E-state index contributed by atoms with van der Waals surface area (Å²) in [5.74, 6) is 1.10. The predicted molar refractivity (Wildman–Crippen MR) is 54.7 cm³/mol. The number of carbonyl (C=O) groups is 1. The molecular formula is C12H18O2. The van der Waals surface area contributed by atoms with Gasteiger partial charge >= 0.3 is 5.97 Å². The molecule has 0 aromatic heterocycles. The van der Waals surface area contributed by atoms with E-state index in [1.165, 1.54) is 13.3 Å². The van der Waals surface area contributed by atoms with E-state index in [1.807, 2.05) is 0 Å². The van der Waals surface area contributed by atoms with Crippen molar-refractivity contribution in [2.45, 2.75) is 39.7 Å². The van der Waals surface area contributed by atoms with Gasteiger partial charge in [0.05, 0.1) is 0 Å². The highest BCUT2D eigenvalue weighted by atomic mass is 16.5. The lowest BCUT2D eigenvalue weighted by Gasteiger charge is -2.19. The number of carbonyl (C=O) groups excluding carboxylic acids is 1. The maximum atomic E-state index is 10.9. The molecule has 2 nitrogen and oxygen atoms in total.